The van der Waals surface area contributed by atoms with E-state index >= 15 is 0 Å². The molecule has 8 nitrogen and oxygen atoms in total. The van der Waals surface area contributed by atoms with Crippen molar-refractivity contribution in [1.82, 2.24) is 20.0 Å². The first kappa shape index (κ1) is 19.7. The first-order valence-corrected chi connectivity index (χ1v) is 7.80. The Morgan fingerprint density at radius 3 is 2.38 bits per heavy atom. The van der Waals surface area contributed by atoms with Gasteiger partial charge in [-0.05, 0) is 34.6 Å². The van der Waals surface area contributed by atoms with Gasteiger partial charge in [-0.25, -0.2) is 4.79 Å². The second-order valence-electron chi connectivity index (χ2n) is 6.72. The van der Waals surface area contributed by atoms with Crippen molar-refractivity contribution >= 4 is 17.8 Å². The molecule has 1 unspecified atom stereocenters. The second-order valence-corrected chi connectivity index (χ2v) is 6.72. The molecular weight excluding hydrogens is 312 g/mol. The average Bonchev–Trinajstić information content (AvgIpc) is 2.83. The van der Waals surface area contributed by atoms with Gasteiger partial charge >= 0.3 is 5.97 Å². The summed E-state index contributed by atoms with van der Waals surface area (Å²) >= 11 is 0. The topological polar surface area (TPSA) is 105 Å². The van der Waals surface area contributed by atoms with Gasteiger partial charge in [-0.15, -0.1) is 0 Å². The van der Waals surface area contributed by atoms with Gasteiger partial charge in [-0.1, -0.05) is 0 Å². The molecule has 0 saturated heterocycles. The number of hydrogen-bond acceptors (Lipinski definition) is 4. The minimum Gasteiger partial charge on any atom is -0.480 e. The lowest BCUT2D eigenvalue weighted by Crippen LogP contribution is -2.46. The summed E-state index contributed by atoms with van der Waals surface area (Å²) in [5, 5.41) is 16.1. The van der Waals surface area contributed by atoms with Gasteiger partial charge in [0.25, 0.3) is 5.91 Å². The molecule has 0 aromatic carbocycles. The summed E-state index contributed by atoms with van der Waals surface area (Å²) in [7, 11) is 0. The van der Waals surface area contributed by atoms with E-state index in [0.717, 1.165) is 0 Å². The molecule has 0 bridgehead atoms. The van der Waals surface area contributed by atoms with Gasteiger partial charge in [-0.3, -0.25) is 14.3 Å². The smallest absolute Gasteiger partial charge is 0.326 e. The zero-order valence-corrected chi connectivity index (χ0v) is 15.1. The minimum absolute atomic E-state index is 0.103. The molecule has 0 aliphatic heterocycles. The van der Waals surface area contributed by atoms with E-state index < -0.39 is 17.9 Å². The molecule has 8 heteroatoms. The Morgan fingerprint density at radius 2 is 1.96 bits per heavy atom. The number of aromatic nitrogens is 2. The van der Waals surface area contributed by atoms with Crippen molar-refractivity contribution in [3.05, 3.63) is 17.5 Å². The van der Waals surface area contributed by atoms with Crippen molar-refractivity contribution < 1.29 is 19.5 Å². The molecule has 2 N–H and O–H groups in total. The van der Waals surface area contributed by atoms with E-state index in [2.05, 4.69) is 10.4 Å². The first-order chi connectivity index (χ1) is 11.0. The van der Waals surface area contributed by atoms with Crippen LogP contribution in [0, 0.1) is 6.92 Å². The third-order valence-corrected chi connectivity index (χ3v) is 3.69. The molecule has 0 aliphatic rings. The number of carbonyl (C=O) groups is 3. The van der Waals surface area contributed by atoms with Crippen LogP contribution in [-0.4, -0.2) is 56.7 Å². The number of rotatable bonds is 6. The molecule has 0 radical (unpaired) electrons. The maximum absolute atomic E-state index is 12.8. The lowest BCUT2D eigenvalue weighted by molar-refractivity contribution is -0.141. The minimum atomic E-state index is -1.10. The van der Waals surface area contributed by atoms with E-state index in [9.17, 15) is 19.5 Å². The maximum Gasteiger partial charge on any atom is 0.326 e. The monoisotopic (exact) mass is 338 g/mol. The molecule has 1 heterocycles. The highest BCUT2D eigenvalue weighted by atomic mass is 16.4. The summed E-state index contributed by atoms with van der Waals surface area (Å²) in [4.78, 5) is 36.4. The van der Waals surface area contributed by atoms with Gasteiger partial charge in [0.15, 0.2) is 0 Å². The summed E-state index contributed by atoms with van der Waals surface area (Å²) in [6.45, 7) is 10.8. The van der Waals surface area contributed by atoms with Gasteiger partial charge in [0.05, 0.1) is 17.3 Å². The summed E-state index contributed by atoms with van der Waals surface area (Å²) in [6, 6.07) is -1.01. The SMILES string of the molecule is CC(=O)NCCN(C(=O)c1cnn(C(C)(C)C)c1C)C(C)C(=O)O. The van der Waals surface area contributed by atoms with E-state index in [1.165, 1.54) is 24.9 Å². The fourth-order valence-electron chi connectivity index (χ4n) is 2.41. The van der Waals surface area contributed by atoms with E-state index in [0.29, 0.717) is 11.3 Å². The van der Waals surface area contributed by atoms with Crippen molar-refractivity contribution in [1.29, 1.82) is 0 Å². The number of hydrogen-bond donors (Lipinski definition) is 2. The molecule has 134 valence electrons. The normalized spacial score (nSPS) is 12.6. The van der Waals surface area contributed by atoms with E-state index in [4.69, 9.17) is 0 Å². The van der Waals surface area contributed by atoms with Crippen LogP contribution in [0.3, 0.4) is 0 Å². The number of carbonyl (C=O) groups excluding carboxylic acids is 2. The quantitative estimate of drug-likeness (QED) is 0.805. The fourth-order valence-corrected chi connectivity index (χ4v) is 2.41. The third-order valence-electron chi connectivity index (χ3n) is 3.69. The Kier molecular flexibility index (Phi) is 6.11. The number of nitrogens with zero attached hydrogens (tertiary/aromatic N) is 3. The van der Waals surface area contributed by atoms with Crippen LogP contribution in [0.25, 0.3) is 0 Å². The highest BCUT2D eigenvalue weighted by molar-refractivity contribution is 5.97. The van der Waals surface area contributed by atoms with Crippen molar-refractivity contribution in [3.63, 3.8) is 0 Å². The molecule has 0 saturated carbocycles. The van der Waals surface area contributed by atoms with Crippen LogP contribution in [-0.2, 0) is 15.1 Å². The largest absolute Gasteiger partial charge is 0.480 e. The molecule has 24 heavy (non-hydrogen) atoms. The van der Waals surface area contributed by atoms with Crippen molar-refractivity contribution in [2.75, 3.05) is 13.1 Å². The summed E-state index contributed by atoms with van der Waals surface area (Å²) < 4.78 is 1.73. The Hall–Kier alpha value is -2.38. The lowest BCUT2D eigenvalue weighted by Gasteiger charge is -2.27. The van der Waals surface area contributed by atoms with Crippen molar-refractivity contribution in [3.8, 4) is 0 Å². The predicted molar refractivity (Wildman–Crippen MR) is 88.8 cm³/mol. The average molecular weight is 338 g/mol. The lowest BCUT2D eigenvalue weighted by atomic mass is 10.1. The van der Waals surface area contributed by atoms with Crippen LogP contribution in [0.15, 0.2) is 6.20 Å². The molecule has 0 spiro atoms. The zero-order chi connectivity index (χ0) is 18.7. The molecule has 1 atom stereocenters. The number of amides is 2. The molecule has 1 rings (SSSR count). The van der Waals surface area contributed by atoms with Crippen LogP contribution < -0.4 is 5.32 Å². The Bertz CT molecular complexity index is 631. The van der Waals surface area contributed by atoms with Crippen molar-refractivity contribution in [2.45, 2.75) is 53.1 Å². The van der Waals surface area contributed by atoms with Crippen LogP contribution in [0.2, 0.25) is 0 Å². The molecular formula is C16H26N4O4. The molecule has 1 aromatic heterocycles. The molecule has 0 fully saturated rings. The Balaban J connectivity index is 3.09. The zero-order valence-electron chi connectivity index (χ0n) is 15.1. The maximum atomic E-state index is 12.8. The van der Waals surface area contributed by atoms with Gasteiger partial charge < -0.3 is 15.3 Å². The molecule has 1 aromatic rings. The Morgan fingerprint density at radius 1 is 1.38 bits per heavy atom. The second kappa shape index (κ2) is 7.46. The van der Waals surface area contributed by atoms with Gasteiger partial charge in [0, 0.05) is 25.7 Å². The van der Waals surface area contributed by atoms with Gasteiger partial charge in [0.2, 0.25) is 5.91 Å². The van der Waals surface area contributed by atoms with E-state index in [1.807, 2.05) is 20.8 Å². The first-order valence-electron chi connectivity index (χ1n) is 7.80. The number of carboxylic acids is 1. The fraction of sp³-hybridized carbons (Fsp3) is 0.625. The van der Waals surface area contributed by atoms with Gasteiger partial charge in [0.1, 0.15) is 6.04 Å². The molecule has 0 aliphatic carbocycles. The van der Waals surface area contributed by atoms with Crippen LogP contribution in [0.5, 0.6) is 0 Å². The summed E-state index contributed by atoms with van der Waals surface area (Å²) in [5.74, 6) is -1.75. The number of aliphatic carboxylic acids is 1. The highest BCUT2D eigenvalue weighted by Gasteiger charge is 2.29. The van der Waals surface area contributed by atoms with E-state index in [-0.39, 0.29) is 24.5 Å². The number of nitrogens with one attached hydrogen (secondary N) is 1. The van der Waals surface area contributed by atoms with Crippen LogP contribution >= 0.6 is 0 Å². The summed E-state index contributed by atoms with van der Waals surface area (Å²) in [6.07, 6.45) is 1.46. The summed E-state index contributed by atoms with van der Waals surface area (Å²) in [5.41, 5.74) is 0.748. The third kappa shape index (κ3) is 4.56. The predicted octanol–water partition coefficient (Wildman–Crippen LogP) is 0.998. The van der Waals surface area contributed by atoms with Gasteiger partial charge in [-0.2, -0.15) is 5.10 Å². The van der Waals surface area contributed by atoms with Crippen LogP contribution in [0.4, 0.5) is 0 Å². The van der Waals surface area contributed by atoms with Crippen LogP contribution in [0.1, 0.15) is 50.7 Å². The van der Waals surface area contributed by atoms with Crippen molar-refractivity contribution in [2.24, 2.45) is 0 Å². The van der Waals surface area contributed by atoms with E-state index in [1.54, 1.807) is 11.6 Å². The number of carboxylic acid groups (broad SMARTS) is 1. The Labute approximate surface area is 141 Å². The highest BCUT2D eigenvalue weighted by Crippen LogP contribution is 2.20. The standard InChI is InChI=1S/C16H26N4O4/c1-10-13(9-18-20(10)16(4,5)6)14(22)19(11(2)15(23)24)8-7-17-12(3)21/h9,11H,7-8H2,1-6H3,(H,17,21)(H,23,24). The molecule has 2 amide bonds.